The van der Waals surface area contributed by atoms with E-state index >= 15 is 0 Å². The molecule has 0 atom stereocenters. The zero-order valence-electron chi connectivity index (χ0n) is 11.9. The van der Waals surface area contributed by atoms with Crippen LogP contribution in [0.4, 0.5) is 5.69 Å². The molecule has 0 spiro atoms. The van der Waals surface area contributed by atoms with Crippen molar-refractivity contribution in [3.05, 3.63) is 53.1 Å². The second kappa shape index (κ2) is 7.14. The molecule has 0 radical (unpaired) electrons. The molecule has 2 N–H and O–H groups in total. The van der Waals surface area contributed by atoms with Crippen LogP contribution in [0.25, 0.3) is 11.1 Å². The Bertz CT molecular complexity index is 640. The maximum atomic E-state index is 11.9. The van der Waals surface area contributed by atoms with Gasteiger partial charge in [0, 0.05) is 10.7 Å². The van der Waals surface area contributed by atoms with Gasteiger partial charge < -0.3 is 10.5 Å². The van der Waals surface area contributed by atoms with Gasteiger partial charge in [0.2, 0.25) is 0 Å². The van der Waals surface area contributed by atoms with E-state index in [0.717, 1.165) is 24.0 Å². The minimum atomic E-state index is -0.376. The van der Waals surface area contributed by atoms with Crippen LogP contribution < -0.4 is 5.73 Å². The summed E-state index contributed by atoms with van der Waals surface area (Å²) in [5.41, 5.74) is 8.65. The van der Waals surface area contributed by atoms with Crippen molar-refractivity contribution in [3.8, 4) is 11.1 Å². The molecule has 2 aromatic carbocycles. The predicted octanol–water partition coefficient (Wildman–Crippen LogP) is 4.55. The van der Waals surface area contributed by atoms with E-state index in [0.29, 0.717) is 22.9 Å². The lowest BCUT2D eigenvalue weighted by molar-refractivity contribution is 0.0501. The van der Waals surface area contributed by atoms with E-state index in [4.69, 9.17) is 22.1 Å². The number of hydrogen-bond acceptors (Lipinski definition) is 3. The molecule has 0 saturated carbocycles. The zero-order chi connectivity index (χ0) is 15.2. The van der Waals surface area contributed by atoms with Crippen molar-refractivity contribution < 1.29 is 9.53 Å². The Labute approximate surface area is 129 Å². The van der Waals surface area contributed by atoms with Crippen molar-refractivity contribution in [2.45, 2.75) is 19.8 Å². The molecule has 2 aromatic rings. The summed E-state index contributed by atoms with van der Waals surface area (Å²) >= 11 is 5.98. The summed E-state index contributed by atoms with van der Waals surface area (Å²) in [4.78, 5) is 11.9. The largest absolute Gasteiger partial charge is 0.462 e. The average molecular weight is 304 g/mol. The van der Waals surface area contributed by atoms with Crippen LogP contribution >= 0.6 is 11.6 Å². The first-order valence-corrected chi connectivity index (χ1v) is 7.32. The van der Waals surface area contributed by atoms with E-state index in [1.165, 1.54) is 0 Å². The van der Waals surface area contributed by atoms with Crippen LogP contribution in [0, 0.1) is 0 Å². The third kappa shape index (κ3) is 3.99. The molecular formula is C17H18ClNO2. The summed E-state index contributed by atoms with van der Waals surface area (Å²) in [5, 5.41) is 0.661. The van der Waals surface area contributed by atoms with Crippen molar-refractivity contribution in [2.24, 2.45) is 0 Å². The van der Waals surface area contributed by atoms with E-state index in [9.17, 15) is 4.79 Å². The molecule has 2 rings (SSSR count). The standard InChI is InChI=1S/C17H18ClNO2/c1-2-3-9-21-17(20)15-8-7-13(11-16(15)19)12-5-4-6-14(18)10-12/h4-8,10-11H,2-3,9,19H2,1H3. The Kier molecular flexibility index (Phi) is 5.23. The number of nitrogens with two attached hydrogens (primary N) is 1. The molecule has 4 heteroatoms. The van der Waals surface area contributed by atoms with Crippen LogP contribution in [-0.4, -0.2) is 12.6 Å². The second-order valence-electron chi connectivity index (χ2n) is 4.80. The van der Waals surface area contributed by atoms with Crippen molar-refractivity contribution in [3.63, 3.8) is 0 Å². The van der Waals surface area contributed by atoms with Crippen LogP contribution in [-0.2, 0) is 4.74 Å². The number of unbranched alkanes of at least 4 members (excludes halogenated alkanes) is 1. The molecule has 0 amide bonds. The molecule has 0 bridgehead atoms. The molecule has 0 saturated heterocycles. The molecule has 0 aromatic heterocycles. The fraction of sp³-hybridized carbons (Fsp3) is 0.235. The number of ether oxygens (including phenoxy) is 1. The molecular weight excluding hydrogens is 286 g/mol. The van der Waals surface area contributed by atoms with E-state index in [1.807, 2.05) is 37.3 Å². The summed E-state index contributed by atoms with van der Waals surface area (Å²) in [5.74, 6) is -0.376. The number of anilines is 1. The summed E-state index contributed by atoms with van der Waals surface area (Å²) < 4.78 is 5.17. The molecule has 0 aliphatic rings. The molecule has 3 nitrogen and oxygen atoms in total. The van der Waals surface area contributed by atoms with Crippen LogP contribution in [0.15, 0.2) is 42.5 Å². The highest BCUT2D eigenvalue weighted by atomic mass is 35.5. The Hall–Kier alpha value is -2.00. The third-order valence-electron chi connectivity index (χ3n) is 3.16. The number of hydrogen-bond donors (Lipinski definition) is 1. The highest BCUT2D eigenvalue weighted by Crippen LogP contribution is 2.26. The first-order valence-electron chi connectivity index (χ1n) is 6.94. The smallest absolute Gasteiger partial charge is 0.340 e. The van der Waals surface area contributed by atoms with E-state index in [-0.39, 0.29) is 5.97 Å². The Morgan fingerprint density at radius 2 is 1.95 bits per heavy atom. The highest BCUT2D eigenvalue weighted by Gasteiger charge is 2.12. The van der Waals surface area contributed by atoms with Gasteiger partial charge in [-0.2, -0.15) is 0 Å². The molecule has 0 unspecified atom stereocenters. The van der Waals surface area contributed by atoms with Gasteiger partial charge in [0.1, 0.15) is 0 Å². The van der Waals surface area contributed by atoms with Gasteiger partial charge >= 0.3 is 5.97 Å². The molecule has 0 aliphatic heterocycles. The summed E-state index contributed by atoms with van der Waals surface area (Å²) in [6.07, 6.45) is 1.84. The quantitative estimate of drug-likeness (QED) is 0.501. The van der Waals surface area contributed by atoms with E-state index < -0.39 is 0 Å². The minimum absolute atomic E-state index is 0.376. The van der Waals surface area contributed by atoms with Gasteiger partial charge in [-0.3, -0.25) is 0 Å². The maximum Gasteiger partial charge on any atom is 0.340 e. The van der Waals surface area contributed by atoms with Gasteiger partial charge in [-0.05, 0) is 41.8 Å². The molecule has 0 aliphatic carbocycles. The van der Waals surface area contributed by atoms with Gasteiger partial charge in [0.25, 0.3) is 0 Å². The highest BCUT2D eigenvalue weighted by molar-refractivity contribution is 6.30. The van der Waals surface area contributed by atoms with Crippen molar-refractivity contribution in [2.75, 3.05) is 12.3 Å². The summed E-state index contributed by atoms with van der Waals surface area (Å²) in [6, 6.07) is 12.8. The number of nitrogen functional groups attached to an aromatic ring is 1. The number of rotatable bonds is 5. The monoisotopic (exact) mass is 303 g/mol. The van der Waals surface area contributed by atoms with Crippen molar-refractivity contribution in [1.82, 2.24) is 0 Å². The van der Waals surface area contributed by atoms with Gasteiger partial charge in [-0.1, -0.05) is 43.1 Å². The third-order valence-corrected chi connectivity index (χ3v) is 3.40. The minimum Gasteiger partial charge on any atom is -0.462 e. The summed E-state index contributed by atoms with van der Waals surface area (Å²) in [6.45, 7) is 2.47. The van der Waals surface area contributed by atoms with Gasteiger partial charge in [0.05, 0.1) is 12.2 Å². The Balaban J connectivity index is 2.19. The SMILES string of the molecule is CCCCOC(=O)c1ccc(-c2cccc(Cl)c2)cc1N. The molecule has 0 heterocycles. The number of esters is 1. The van der Waals surface area contributed by atoms with Gasteiger partial charge in [-0.15, -0.1) is 0 Å². The maximum absolute atomic E-state index is 11.9. The lowest BCUT2D eigenvalue weighted by atomic mass is 10.0. The summed E-state index contributed by atoms with van der Waals surface area (Å²) in [7, 11) is 0. The molecule has 0 fully saturated rings. The number of carbonyl (C=O) groups is 1. The fourth-order valence-corrected chi connectivity index (χ4v) is 2.17. The fourth-order valence-electron chi connectivity index (χ4n) is 1.98. The van der Waals surface area contributed by atoms with Crippen LogP contribution in [0.1, 0.15) is 30.1 Å². The topological polar surface area (TPSA) is 52.3 Å². The molecule has 21 heavy (non-hydrogen) atoms. The van der Waals surface area contributed by atoms with E-state index in [2.05, 4.69) is 0 Å². The van der Waals surface area contributed by atoms with Crippen molar-refractivity contribution >= 4 is 23.3 Å². The van der Waals surface area contributed by atoms with Crippen LogP contribution in [0.5, 0.6) is 0 Å². The van der Waals surface area contributed by atoms with Gasteiger partial charge in [0.15, 0.2) is 0 Å². The molecule has 110 valence electrons. The van der Waals surface area contributed by atoms with Gasteiger partial charge in [-0.25, -0.2) is 4.79 Å². The lowest BCUT2D eigenvalue weighted by Crippen LogP contribution is -2.09. The lowest BCUT2D eigenvalue weighted by Gasteiger charge is -2.09. The van der Waals surface area contributed by atoms with Crippen LogP contribution in [0.2, 0.25) is 5.02 Å². The predicted molar refractivity (Wildman–Crippen MR) is 86.5 cm³/mol. The Morgan fingerprint density at radius 1 is 1.19 bits per heavy atom. The average Bonchev–Trinajstić information content (AvgIpc) is 2.47. The van der Waals surface area contributed by atoms with Crippen LogP contribution in [0.3, 0.4) is 0 Å². The Morgan fingerprint density at radius 3 is 2.62 bits per heavy atom. The first-order chi connectivity index (χ1) is 10.1. The first kappa shape index (κ1) is 15.4. The number of carbonyl (C=O) groups excluding carboxylic acids is 1. The number of benzene rings is 2. The second-order valence-corrected chi connectivity index (χ2v) is 5.24. The normalized spacial score (nSPS) is 10.4. The zero-order valence-corrected chi connectivity index (χ0v) is 12.7. The van der Waals surface area contributed by atoms with E-state index in [1.54, 1.807) is 12.1 Å². The number of halogens is 1. The van der Waals surface area contributed by atoms with Crippen molar-refractivity contribution in [1.29, 1.82) is 0 Å².